The van der Waals surface area contributed by atoms with E-state index in [1.54, 1.807) is 0 Å². The predicted octanol–water partition coefficient (Wildman–Crippen LogP) is 1.95. The number of carbonyl (C=O) groups is 2. The number of Topliss-reactive ketones (excluding diaryl/α,β-unsaturated/α-hetero) is 1. The van der Waals surface area contributed by atoms with Crippen molar-refractivity contribution in [3.05, 3.63) is 29.8 Å². The summed E-state index contributed by atoms with van der Waals surface area (Å²) in [6.07, 6.45) is -0.235. The molecule has 0 spiro atoms. The summed E-state index contributed by atoms with van der Waals surface area (Å²) in [5.41, 5.74) is 1.95. The summed E-state index contributed by atoms with van der Waals surface area (Å²) < 4.78 is 5.25. The Morgan fingerprint density at radius 3 is 2.39 bits per heavy atom. The van der Waals surface area contributed by atoms with E-state index in [2.05, 4.69) is 0 Å². The molecule has 96 valence electrons. The number of hydrogen-bond donors (Lipinski definition) is 0. The zero-order chi connectivity index (χ0) is 13.3. The molecule has 0 radical (unpaired) electrons. The zero-order valence-corrected chi connectivity index (χ0v) is 10.8. The van der Waals surface area contributed by atoms with Crippen LogP contribution in [0.1, 0.15) is 25.0 Å². The molecule has 4 heteroatoms. The fourth-order valence-electron chi connectivity index (χ4n) is 2.18. The molecular formula is C14H17NO3. The number of benzene rings is 1. The van der Waals surface area contributed by atoms with E-state index in [9.17, 15) is 9.59 Å². The maximum Gasteiger partial charge on any atom is 0.307 e. The molecule has 0 aromatic heterocycles. The Labute approximate surface area is 107 Å². The third kappa shape index (κ3) is 2.37. The van der Waals surface area contributed by atoms with Gasteiger partial charge < -0.3 is 9.64 Å². The lowest BCUT2D eigenvalue weighted by atomic mass is 9.92. The molecule has 1 heterocycles. The minimum absolute atomic E-state index is 0.00235. The number of esters is 1. The Balaban J connectivity index is 2.24. The lowest BCUT2D eigenvalue weighted by Gasteiger charge is -2.17. The highest BCUT2D eigenvalue weighted by Gasteiger charge is 2.38. The van der Waals surface area contributed by atoms with Gasteiger partial charge in [0, 0.05) is 19.8 Å². The Morgan fingerprint density at radius 2 is 1.89 bits per heavy atom. The molecule has 1 aliphatic heterocycles. The molecule has 4 nitrogen and oxygen atoms in total. The van der Waals surface area contributed by atoms with Gasteiger partial charge in [0.25, 0.3) is 0 Å². The van der Waals surface area contributed by atoms with Gasteiger partial charge in [-0.1, -0.05) is 12.1 Å². The molecule has 18 heavy (non-hydrogen) atoms. The van der Waals surface area contributed by atoms with Crippen LogP contribution in [0.5, 0.6) is 0 Å². The Kier molecular flexibility index (Phi) is 3.36. The SMILES string of the molecule is CC(=O)[C@H]1CC(=O)O[C@@H]1c1ccc(N(C)C)cc1. The van der Waals surface area contributed by atoms with Gasteiger partial charge in [0.15, 0.2) is 0 Å². The van der Waals surface area contributed by atoms with E-state index in [1.807, 2.05) is 43.3 Å². The normalized spacial score (nSPS) is 22.7. The average Bonchev–Trinajstić information content (AvgIpc) is 2.71. The summed E-state index contributed by atoms with van der Waals surface area (Å²) in [4.78, 5) is 24.8. The molecule has 1 aromatic rings. The number of ketones is 1. The van der Waals surface area contributed by atoms with Crippen LogP contribution in [-0.4, -0.2) is 25.8 Å². The van der Waals surface area contributed by atoms with Crippen molar-refractivity contribution in [1.29, 1.82) is 0 Å². The number of rotatable bonds is 3. The van der Waals surface area contributed by atoms with Crippen LogP contribution in [0, 0.1) is 5.92 Å². The van der Waals surface area contributed by atoms with Crippen molar-refractivity contribution in [1.82, 2.24) is 0 Å². The van der Waals surface area contributed by atoms with Gasteiger partial charge in [-0.25, -0.2) is 0 Å². The minimum Gasteiger partial charge on any atom is -0.457 e. The van der Waals surface area contributed by atoms with Crippen molar-refractivity contribution in [2.45, 2.75) is 19.4 Å². The van der Waals surface area contributed by atoms with Crippen LogP contribution in [0.3, 0.4) is 0 Å². The standard InChI is InChI=1S/C14H17NO3/c1-9(16)12-8-13(17)18-14(12)10-4-6-11(7-5-10)15(2)3/h4-7,12,14H,8H2,1-3H3/t12-,14-/m1/s1. The molecule has 1 saturated heterocycles. The van der Waals surface area contributed by atoms with Crippen LogP contribution < -0.4 is 4.90 Å². The van der Waals surface area contributed by atoms with E-state index in [4.69, 9.17) is 4.74 Å². The fourth-order valence-corrected chi connectivity index (χ4v) is 2.18. The molecule has 0 saturated carbocycles. The van der Waals surface area contributed by atoms with E-state index in [0.717, 1.165) is 11.3 Å². The van der Waals surface area contributed by atoms with Gasteiger partial charge in [-0.15, -0.1) is 0 Å². The minimum atomic E-state index is -0.425. The molecule has 0 aliphatic carbocycles. The monoisotopic (exact) mass is 247 g/mol. The van der Waals surface area contributed by atoms with E-state index < -0.39 is 6.10 Å². The summed E-state index contributed by atoms with van der Waals surface area (Å²) >= 11 is 0. The molecule has 1 aromatic carbocycles. The van der Waals surface area contributed by atoms with Crippen molar-refractivity contribution in [3.63, 3.8) is 0 Å². The van der Waals surface area contributed by atoms with Crippen LogP contribution in [0.4, 0.5) is 5.69 Å². The third-order valence-corrected chi connectivity index (χ3v) is 3.27. The summed E-state index contributed by atoms with van der Waals surface area (Å²) in [7, 11) is 3.92. The van der Waals surface area contributed by atoms with Crippen LogP contribution in [-0.2, 0) is 14.3 Å². The summed E-state index contributed by atoms with van der Waals surface area (Å²) in [5, 5.41) is 0. The Morgan fingerprint density at radius 1 is 1.28 bits per heavy atom. The molecule has 2 rings (SSSR count). The first-order valence-electron chi connectivity index (χ1n) is 5.96. The molecular weight excluding hydrogens is 230 g/mol. The van der Waals surface area contributed by atoms with Crippen molar-refractivity contribution in [2.24, 2.45) is 5.92 Å². The second kappa shape index (κ2) is 4.80. The highest BCUT2D eigenvalue weighted by atomic mass is 16.6. The fraction of sp³-hybridized carbons (Fsp3) is 0.429. The van der Waals surface area contributed by atoms with Crippen molar-refractivity contribution in [3.8, 4) is 0 Å². The number of ether oxygens (including phenoxy) is 1. The molecule has 2 atom stereocenters. The van der Waals surface area contributed by atoms with E-state index in [-0.39, 0.29) is 24.1 Å². The van der Waals surface area contributed by atoms with Gasteiger partial charge in [0.1, 0.15) is 11.9 Å². The van der Waals surface area contributed by atoms with E-state index in [1.165, 1.54) is 6.92 Å². The van der Waals surface area contributed by atoms with Crippen molar-refractivity contribution in [2.75, 3.05) is 19.0 Å². The van der Waals surface area contributed by atoms with Gasteiger partial charge in [0.2, 0.25) is 0 Å². The third-order valence-electron chi connectivity index (χ3n) is 3.27. The first-order valence-corrected chi connectivity index (χ1v) is 5.96. The maximum atomic E-state index is 11.5. The first kappa shape index (κ1) is 12.6. The Hall–Kier alpha value is -1.84. The van der Waals surface area contributed by atoms with Crippen LogP contribution in [0.25, 0.3) is 0 Å². The first-order chi connectivity index (χ1) is 8.49. The van der Waals surface area contributed by atoms with Gasteiger partial charge in [0.05, 0.1) is 12.3 Å². The quantitative estimate of drug-likeness (QED) is 0.766. The zero-order valence-electron chi connectivity index (χ0n) is 10.8. The topological polar surface area (TPSA) is 46.6 Å². The molecule has 0 unspecified atom stereocenters. The van der Waals surface area contributed by atoms with Crippen LogP contribution in [0.2, 0.25) is 0 Å². The summed E-state index contributed by atoms with van der Waals surface area (Å²) in [5.74, 6) is -0.637. The predicted molar refractivity (Wildman–Crippen MR) is 68.4 cm³/mol. The number of anilines is 1. The van der Waals surface area contributed by atoms with E-state index in [0.29, 0.717) is 0 Å². The van der Waals surface area contributed by atoms with Gasteiger partial charge in [-0.3, -0.25) is 9.59 Å². The molecule has 0 amide bonds. The summed E-state index contributed by atoms with van der Waals surface area (Å²) in [6, 6.07) is 7.74. The lowest BCUT2D eigenvalue weighted by molar-refractivity contribution is -0.141. The average molecular weight is 247 g/mol. The highest BCUT2D eigenvalue weighted by molar-refractivity contribution is 5.87. The lowest BCUT2D eigenvalue weighted by Crippen LogP contribution is -2.15. The van der Waals surface area contributed by atoms with Crippen LogP contribution in [0.15, 0.2) is 24.3 Å². The number of cyclic esters (lactones) is 1. The number of nitrogens with zero attached hydrogens (tertiary/aromatic N) is 1. The Bertz CT molecular complexity index is 464. The number of hydrogen-bond acceptors (Lipinski definition) is 4. The molecule has 0 N–H and O–H groups in total. The molecule has 0 bridgehead atoms. The molecule has 1 aliphatic rings. The van der Waals surface area contributed by atoms with Gasteiger partial charge in [-0.2, -0.15) is 0 Å². The van der Waals surface area contributed by atoms with Gasteiger partial charge in [-0.05, 0) is 24.6 Å². The molecule has 1 fully saturated rings. The maximum absolute atomic E-state index is 11.5. The van der Waals surface area contributed by atoms with Crippen LogP contribution >= 0.6 is 0 Å². The van der Waals surface area contributed by atoms with Crippen molar-refractivity contribution >= 4 is 17.4 Å². The van der Waals surface area contributed by atoms with Crippen molar-refractivity contribution < 1.29 is 14.3 Å². The number of carbonyl (C=O) groups excluding carboxylic acids is 2. The second-order valence-corrected chi connectivity index (χ2v) is 4.82. The summed E-state index contributed by atoms with van der Waals surface area (Å²) in [6.45, 7) is 1.51. The highest BCUT2D eigenvalue weighted by Crippen LogP contribution is 2.36. The smallest absolute Gasteiger partial charge is 0.307 e. The van der Waals surface area contributed by atoms with Gasteiger partial charge >= 0.3 is 5.97 Å². The second-order valence-electron chi connectivity index (χ2n) is 4.82. The largest absolute Gasteiger partial charge is 0.457 e. The van der Waals surface area contributed by atoms with E-state index >= 15 is 0 Å².